The first-order chi connectivity index (χ1) is 20.0. The molecule has 0 bridgehead atoms. The van der Waals surface area contributed by atoms with Gasteiger partial charge < -0.3 is 9.64 Å². The van der Waals surface area contributed by atoms with Crippen molar-refractivity contribution in [3.8, 4) is 0 Å². The normalized spacial score (nSPS) is 15.9. The lowest BCUT2D eigenvalue weighted by atomic mass is 9.98. The summed E-state index contributed by atoms with van der Waals surface area (Å²) in [7, 11) is 0. The van der Waals surface area contributed by atoms with Crippen LogP contribution in [0.1, 0.15) is 69.4 Å². The van der Waals surface area contributed by atoms with Crippen LogP contribution in [0, 0.1) is 5.82 Å². The molecule has 0 saturated carbocycles. The number of halogens is 1. The zero-order valence-electron chi connectivity index (χ0n) is 24.2. The number of carbonyl (C=O) groups excluding carboxylic acids is 2. The third kappa shape index (κ3) is 7.66. The van der Waals surface area contributed by atoms with Gasteiger partial charge in [0.25, 0.3) is 0 Å². The van der Waals surface area contributed by atoms with Gasteiger partial charge in [-0.05, 0) is 60.0 Å². The van der Waals surface area contributed by atoms with Gasteiger partial charge in [0, 0.05) is 61.3 Å². The maximum Gasteiger partial charge on any atom is 0.307 e. The lowest BCUT2D eigenvalue weighted by Gasteiger charge is -2.36. The van der Waals surface area contributed by atoms with Crippen molar-refractivity contribution in [2.24, 2.45) is 0 Å². The number of rotatable bonds is 13. The molecule has 8 heteroatoms. The SMILES string of the molecule is CCCCCCCCC(=O)OCN1C(=O)CCc2ccc(CCN3CCN(c4cc(F)cc5sccc45)CC3)cc21. The number of amides is 1. The Hall–Kier alpha value is -2.97. The van der Waals surface area contributed by atoms with Crippen molar-refractivity contribution in [2.45, 2.75) is 71.1 Å². The standard InChI is InChI=1S/C33H42FN3O3S/c1-2-3-4-5-6-7-8-33(39)40-24-37-29-21-25(9-10-26(29)11-12-32(37)38)13-15-35-16-18-36(19-17-35)30-22-27(34)23-31-28(30)14-20-41-31/h9-10,14,20-23H,2-8,11-13,15-19,24H2,1H3. The Labute approximate surface area is 247 Å². The number of hydrogen-bond donors (Lipinski definition) is 0. The van der Waals surface area contributed by atoms with Crippen LogP contribution in [0.25, 0.3) is 10.1 Å². The van der Waals surface area contributed by atoms with E-state index in [9.17, 15) is 14.0 Å². The summed E-state index contributed by atoms with van der Waals surface area (Å²) in [5, 5.41) is 3.16. The molecule has 0 aliphatic carbocycles. The van der Waals surface area contributed by atoms with E-state index in [0.717, 1.165) is 91.9 Å². The van der Waals surface area contributed by atoms with Gasteiger partial charge in [-0.25, -0.2) is 4.39 Å². The van der Waals surface area contributed by atoms with E-state index in [1.807, 2.05) is 5.38 Å². The molecule has 0 atom stereocenters. The minimum Gasteiger partial charge on any atom is -0.444 e. The molecule has 6 nitrogen and oxygen atoms in total. The Kier molecular flexibility index (Phi) is 10.3. The maximum atomic E-state index is 14.2. The molecule has 220 valence electrons. The van der Waals surface area contributed by atoms with Gasteiger partial charge in [-0.3, -0.25) is 19.4 Å². The fourth-order valence-corrected chi connectivity index (χ4v) is 6.75. The first kappa shape index (κ1) is 29.5. The van der Waals surface area contributed by atoms with Gasteiger partial charge in [0.05, 0.1) is 5.69 Å². The fourth-order valence-electron chi connectivity index (χ4n) is 5.92. The van der Waals surface area contributed by atoms with E-state index in [2.05, 4.69) is 41.0 Å². The van der Waals surface area contributed by atoms with Gasteiger partial charge in [0.2, 0.25) is 5.91 Å². The number of esters is 1. The number of carbonyl (C=O) groups is 2. The summed E-state index contributed by atoms with van der Waals surface area (Å²) < 4.78 is 20.7. The molecular formula is C33H42FN3O3S. The van der Waals surface area contributed by atoms with Gasteiger partial charge in [0.1, 0.15) is 5.82 Å². The third-order valence-corrected chi connectivity index (χ3v) is 9.25. The fraction of sp³-hybridized carbons (Fsp3) is 0.515. The number of ether oxygens (including phenoxy) is 1. The van der Waals surface area contributed by atoms with Crippen molar-refractivity contribution in [2.75, 3.05) is 49.3 Å². The lowest BCUT2D eigenvalue weighted by molar-refractivity contribution is -0.144. The maximum absolute atomic E-state index is 14.2. The molecule has 1 fully saturated rings. The van der Waals surface area contributed by atoms with Crippen LogP contribution >= 0.6 is 11.3 Å². The Morgan fingerprint density at radius 3 is 2.59 bits per heavy atom. The van der Waals surface area contributed by atoms with E-state index in [4.69, 9.17) is 4.74 Å². The predicted octanol–water partition coefficient (Wildman–Crippen LogP) is 6.94. The number of fused-ring (bicyclic) bond motifs is 2. The average molecular weight is 580 g/mol. The topological polar surface area (TPSA) is 53.1 Å². The molecule has 3 heterocycles. The van der Waals surface area contributed by atoms with Crippen molar-refractivity contribution in [1.82, 2.24) is 4.90 Å². The summed E-state index contributed by atoms with van der Waals surface area (Å²) >= 11 is 1.58. The van der Waals surface area contributed by atoms with Crippen LogP contribution in [-0.2, 0) is 27.2 Å². The summed E-state index contributed by atoms with van der Waals surface area (Å²) in [6.45, 7) is 6.68. The summed E-state index contributed by atoms with van der Waals surface area (Å²) in [5.74, 6) is -0.395. The molecule has 0 N–H and O–H groups in total. The van der Waals surface area contributed by atoms with E-state index < -0.39 is 0 Å². The van der Waals surface area contributed by atoms with Crippen molar-refractivity contribution in [3.05, 3.63) is 58.7 Å². The Bertz CT molecular complexity index is 1330. The number of nitrogens with zero attached hydrogens (tertiary/aromatic N) is 3. The molecule has 2 aliphatic rings. The smallest absolute Gasteiger partial charge is 0.307 e. The third-order valence-electron chi connectivity index (χ3n) is 8.38. The quantitative estimate of drug-likeness (QED) is 0.162. The second kappa shape index (κ2) is 14.3. The lowest BCUT2D eigenvalue weighted by Crippen LogP contribution is -2.47. The highest BCUT2D eigenvalue weighted by Crippen LogP contribution is 2.33. The largest absolute Gasteiger partial charge is 0.444 e. The van der Waals surface area contributed by atoms with Crippen molar-refractivity contribution < 1.29 is 18.7 Å². The number of benzene rings is 2. The molecule has 2 aliphatic heterocycles. The van der Waals surface area contributed by atoms with E-state index in [1.165, 1.54) is 24.8 Å². The summed E-state index contributed by atoms with van der Waals surface area (Å²) in [5.41, 5.74) is 4.17. The molecule has 0 radical (unpaired) electrons. The molecule has 1 aromatic heterocycles. The Morgan fingerprint density at radius 1 is 0.951 bits per heavy atom. The number of hydrogen-bond acceptors (Lipinski definition) is 6. The number of piperazine rings is 1. The first-order valence-electron chi connectivity index (χ1n) is 15.2. The number of thiophene rings is 1. The summed E-state index contributed by atoms with van der Waals surface area (Å²) in [6.07, 6.45) is 9.16. The highest BCUT2D eigenvalue weighted by Gasteiger charge is 2.26. The van der Waals surface area contributed by atoms with Gasteiger partial charge >= 0.3 is 5.97 Å². The average Bonchev–Trinajstić information content (AvgIpc) is 3.45. The summed E-state index contributed by atoms with van der Waals surface area (Å²) in [6, 6.07) is 11.8. The van der Waals surface area contributed by atoms with Crippen LogP contribution < -0.4 is 9.80 Å². The van der Waals surface area contributed by atoms with Gasteiger partial charge in [-0.2, -0.15) is 0 Å². The molecule has 2 aromatic carbocycles. The summed E-state index contributed by atoms with van der Waals surface area (Å²) in [4.78, 5) is 31.5. The van der Waals surface area contributed by atoms with Crippen LogP contribution in [-0.4, -0.2) is 56.2 Å². The van der Waals surface area contributed by atoms with E-state index in [0.29, 0.717) is 12.8 Å². The van der Waals surface area contributed by atoms with E-state index in [1.54, 1.807) is 28.4 Å². The van der Waals surface area contributed by atoms with Gasteiger partial charge in [-0.1, -0.05) is 51.2 Å². The first-order valence-corrected chi connectivity index (χ1v) is 16.1. The molecular weight excluding hydrogens is 537 g/mol. The molecule has 0 unspecified atom stereocenters. The second-order valence-corrected chi connectivity index (χ2v) is 12.2. The zero-order chi connectivity index (χ0) is 28.6. The van der Waals surface area contributed by atoms with Crippen LogP contribution in [0.2, 0.25) is 0 Å². The van der Waals surface area contributed by atoms with E-state index in [-0.39, 0.29) is 24.4 Å². The van der Waals surface area contributed by atoms with Crippen molar-refractivity contribution in [1.29, 1.82) is 0 Å². The van der Waals surface area contributed by atoms with Crippen LogP contribution in [0.15, 0.2) is 41.8 Å². The highest BCUT2D eigenvalue weighted by atomic mass is 32.1. The minimum absolute atomic E-state index is 0.00946. The van der Waals surface area contributed by atoms with Crippen molar-refractivity contribution >= 4 is 44.7 Å². The highest BCUT2D eigenvalue weighted by molar-refractivity contribution is 7.17. The predicted molar refractivity (Wildman–Crippen MR) is 165 cm³/mol. The van der Waals surface area contributed by atoms with Gasteiger partial charge in [0.15, 0.2) is 6.73 Å². The van der Waals surface area contributed by atoms with Crippen LogP contribution in [0.3, 0.4) is 0 Å². The van der Waals surface area contributed by atoms with Crippen molar-refractivity contribution in [3.63, 3.8) is 0 Å². The van der Waals surface area contributed by atoms with Crippen LogP contribution in [0.5, 0.6) is 0 Å². The van der Waals surface area contributed by atoms with Crippen LogP contribution in [0.4, 0.5) is 15.8 Å². The Morgan fingerprint density at radius 2 is 1.76 bits per heavy atom. The van der Waals surface area contributed by atoms with Gasteiger partial charge in [-0.15, -0.1) is 11.3 Å². The zero-order valence-corrected chi connectivity index (χ0v) is 25.0. The number of aryl methyl sites for hydroxylation is 1. The molecule has 3 aromatic rings. The minimum atomic E-state index is -0.228. The monoisotopic (exact) mass is 579 g/mol. The molecule has 1 amide bonds. The van der Waals surface area contributed by atoms with E-state index >= 15 is 0 Å². The molecule has 1 saturated heterocycles. The number of anilines is 2. The second-order valence-electron chi connectivity index (χ2n) is 11.3. The Balaban J connectivity index is 1.11. The number of unbranched alkanes of at least 4 members (excludes halogenated alkanes) is 5. The molecule has 5 rings (SSSR count). The molecule has 41 heavy (non-hydrogen) atoms. The molecule has 0 spiro atoms.